The van der Waals surface area contributed by atoms with Crippen LogP contribution in [0.1, 0.15) is 0 Å². The van der Waals surface area contributed by atoms with Gasteiger partial charge in [-0.15, -0.1) is 0 Å². The molecule has 3 heterocycles. The average Bonchev–Trinajstić information content (AvgIpc) is 3.07. The Kier molecular flexibility index (Phi) is 3.16. The summed E-state index contributed by atoms with van der Waals surface area (Å²) in [6.07, 6.45) is 8.78. The highest BCUT2D eigenvalue weighted by Gasteiger charge is 2.10. The van der Waals surface area contributed by atoms with E-state index in [9.17, 15) is 0 Å². The van der Waals surface area contributed by atoms with Gasteiger partial charge >= 0.3 is 0 Å². The fourth-order valence-corrected chi connectivity index (χ4v) is 1.94. The van der Waals surface area contributed by atoms with E-state index in [0.29, 0.717) is 13.2 Å². The van der Waals surface area contributed by atoms with Crippen LogP contribution in [0.2, 0.25) is 0 Å². The fourth-order valence-electron chi connectivity index (χ4n) is 1.94. The number of hydrogen-bond acceptors (Lipinski definition) is 5. The molecule has 19 heavy (non-hydrogen) atoms. The zero-order valence-corrected chi connectivity index (χ0v) is 10.5. The topological polar surface area (TPSA) is 64.6 Å². The second-order valence-corrected chi connectivity index (χ2v) is 4.04. The molecule has 0 fully saturated rings. The molecule has 3 rings (SSSR count). The minimum atomic E-state index is 0.623. The molecule has 0 spiro atoms. The lowest BCUT2D eigenvalue weighted by Crippen LogP contribution is -2.10. The Morgan fingerprint density at radius 1 is 1.42 bits per heavy atom. The highest BCUT2D eigenvalue weighted by Crippen LogP contribution is 2.23. The van der Waals surface area contributed by atoms with Gasteiger partial charge in [-0.25, -0.2) is 9.97 Å². The fraction of sp³-hybridized carbons (Fsp3) is 0.231. The number of hydrogen-bond donors (Lipinski definition) is 1. The van der Waals surface area contributed by atoms with Crippen LogP contribution >= 0.6 is 0 Å². The molecule has 98 valence electrons. The molecule has 0 aliphatic carbocycles. The number of furan rings is 1. The lowest BCUT2D eigenvalue weighted by atomic mass is 10.3. The van der Waals surface area contributed by atoms with Crippen molar-refractivity contribution in [3.05, 3.63) is 37.2 Å². The summed E-state index contributed by atoms with van der Waals surface area (Å²) in [5, 5.41) is 3.20. The van der Waals surface area contributed by atoms with Crippen LogP contribution < -0.4 is 5.32 Å². The molecule has 0 aromatic carbocycles. The first-order chi connectivity index (χ1) is 9.40. The summed E-state index contributed by atoms with van der Waals surface area (Å²) in [5.41, 5.74) is 2.75. The maximum atomic E-state index is 5.11. The molecule has 6 nitrogen and oxygen atoms in total. The first kappa shape index (κ1) is 11.7. The van der Waals surface area contributed by atoms with Crippen LogP contribution in [0.5, 0.6) is 0 Å². The summed E-state index contributed by atoms with van der Waals surface area (Å²) in [6.45, 7) is 1.31. The second-order valence-electron chi connectivity index (χ2n) is 4.04. The van der Waals surface area contributed by atoms with Gasteiger partial charge in [-0.1, -0.05) is 0 Å². The normalized spacial score (nSPS) is 11.0. The number of fused-ring (bicyclic) bond motifs is 1. The maximum absolute atomic E-state index is 5.11. The standard InChI is InChI=1S/C13H14N4O2/c1-18-7-4-15-12-13-16-8-11(10-2-6-19-9-10)17(13)5-3-14-12/h2-3,5-6,8-9H,4,7H2,1H3,(H,14,15). The summed E-state index contributed by atoms with van der Waals surface area (Å²) < 4.78 is 12.1. The van der Waals surface area contributed by atoms with E-state index in [4.69, 9.17) is 9.15 Å². The summed E-state index contributed by atoms with van der Waals surface area (Å²) in [5.74, 6) is 0.745. The van der Waals surface area contributed by atoms with Gasteiger partial charge in [-0.3, -0.25) is 4.40 Å². The number of ether oxygens (including phenoxy) is 1. The number of methoxy groups -OCH3 is 1. The van der Waals surface area contributed by atoms with Crippen molar-refractivity contribution in [1.29, 1.82) is 0 Å². The van der Waals surface area contributed by atoms with Crippen LogP contribution in [0.25, 0.3) is 16.9 Å². The molecule has 0 amide bonds. The van der Waals surface area contributed by atoms with Gasteiger partial charge in [-0.2, -0.15) is 0 Å². The van der Waals surface area contributed by atoms with Crippen molar-refractivity contribution in [3.63, 3.8) is 0 Å². The molecule has 0 aliphatic rings. The first-order valence-electron chi connectivity index (χ1n) is 5.97. The summed E-state index contributed by atoms with van der Waals surface area (Å²) >= 11 is 0. The molecule has 3 aromatic rings. The van der Waals surface area contributed by atoms with E-state index < -0.39 is 0 Å². The van der Waals surface area contributed by atoms with Gasteiger partial charge in [-0.05, 0) is 6.07 Å². The Balaban J connectivity index is 1.98. The smallest absolute Gasteiger partial charge is 0.180 e. The third kappa shape index (κ3) is 2.17. The SMILES string of the molecule is COCCNc1nccn2c(-c3ccoc3)cnc12. The molecular formula is C13H14N4O2. The van der Waals surface area contributed by atoms with Crippen molar-refractivity contribution in [2.24, 2.45) is 0 Å². The highest BCUT2D eigenvalue weighted by molar-refractivity contribution is 5.69. The van der Waals surface area contributed by atoms with Crippen molar-refractivity contribution >= 4 is 11.5 Å². The average molecular weight is 258 g/mol. The van der Waals surface area contributed by atoms with E-state index in [2.05, 4.69) is 15.3 Å². The predicted molar refractivity (Wildman–Crippen MR) is 71.1 cm³/mol. The van der Waals surface area contributed by atoms with Crippen molar-refractivity contribution < 1.29 is 9.15 Å². The molecule has 0 aliphatic heterocycles. The Labute approximate surface area is 110 Å². The maximum Gasteiger partial charge on any atom is 0.180 e. The lowest BCUT2D eigenvalue weighted by Gasteiger charge is -2.06. The van der Waals surface area contributed by atoms with Crippen LogP contribution in [-0.2, 0) is 4.74 Å². The Morgan fingerprint density at radius 3 is 3.16 bits per heavy atom. The number of rotatable bonds is 5. The Bertz CT molecular complexity index is 660. The summed E-state index contributed by atoms with van der Waals surface area (Å²) in [6, 6.07) is 1.90. The molecule has 3 aromatic heterocycles. The van der Waals surface area contributed by atoms with Crippen LogP contribution in [0.4, 0.5) is 5.82 Å². The van der Waals surface area contributed by atoms with Crippen molar-refractivity contribution in [3.8, 4) is 11.3 Å². The molecule has 0 unspecified atom stereocenters. The van der Waals surface area contributed by atoms with Gasteiger partial charge in [0.1, 0.15) is 0 Å². The predicted octanol–water partition coefficient (Wildman–Crippen LogP) is 2.05. The molecule has 6 heteroatoms. The monoisotopic (exact) mass is 258 g/mol. The van der Waals surface area contributed by atoms with E-state index in [1.165, 1.54) is 0 Å². The van der Waals surface area contributed by atoms with E-state index in [1.54, 1.807) is 25.8 Å². The molecule has 1 N–H and O–H groups in total. The van der Waals surface area contributed by atoms with Gasteiger partial charge in [0.05, 0.1) is 31.0 Å². The molecule has 0 saturated heterocycles. The van der Waals surface area contributed by atoms with Gasteiger partial charge in [0.2, 0.25) is 0 Å². The van der Waals surface area contributed by atoms with Crippen molar-refractivity contribution in [2.45, 2.75) is 0 Å². The van der Waals surface area contributed by atoms with Crippen LogP contribution in [-0.4, -0.2) is 34.6 Å². The summed E-state index contributed by atoms with van der Waals surface area (Å²) in [7, 11) is 1.67. The number of nitrogens with zero attached hydrogens (tertiary/aromatic N) is 3. The van der Waals surface area contributed by atoms with E-state index in [1.807, 2.05) is 22.9 Å². The number of nitrogens with one attached hydrogen (secondary N) is 1. The first-order valence-corrected chi connectivity index (χ1v) is 5.97. The summed E-state index contributed by atoms with van der Waals surface area (Å²) in [4.78, 5) is 8.71. The minimum Gasteiger partial charge on any atom is -0.472 e. The molecule has 0 saturated carbocycles. The van der Waals surface area contributed by atoms with Gasteiger partial charge in [0, 0.05) is 31.6 Å². The largest absolute Gasteiger partial charge is 0.472 e. The second kappa shape index (κ2) is 5.11. The van der Waals surface area contributed by atoms with E-state index in [-0.39, 0.29) is 0 Å². The van der Waals surface area contributed by atoms with Gasteiger partial charge in [0.25, 0.3) is 0 Å². The molecular weight excluding hydrogens is 244 g/mol. The van der Waals surface area contributed by atoms with E-state index >= 15 is 0 Å². The zero-order chi connectivity index (χ0) is 13.1. The van der Waals surface area contributed by atoms with E-state index in [0.717, 1.165) is 22.7 Å². The number of aromatic nitrogens is 3. The minimum absolute atomic E-state index is 0.623. The third-order valence-electron chi connectivity index (χ3n) is 2.84. The van der Waals surface area contributed by atoms with Crippen LogP contribution in [0.3, 0.4) is 0 Å². The van der Waals surface area contributed by atoms with Gasteiger partial charge in [0.15, 0.2) is 11.5 Å². The molecule has 0 radical (unpaired) electrons. The van der Waals surface area contributed by atoms with Crippen molar-refractivity contribution in [1.82, 2.24) is 14.4 Å². The number of anilines is 1. The van der Waals surface area contributed by atoms with Crippen LogP contribution in [0, 0.1) is 0 Å². The number of imidazole rings is 1. The van der Waals surface area contributed by atoms with Crippen LogP contribution in [0.15, 0.2) is 41.6 Å². The lowest BCUT2D eigenvalue weighted by molar-refractivity contribution is 0.210. The molecule has 0 atom stereocenters. The van der Waals surface area contributed by atoms with Gasteiger partial charge < -0.3 is 14.5 Å². The molecule has 0 bridgehead atoms. The Morgan fingerprint density at radius 2 is 2.37 bits per heavy atom. The third-order valence-corrected chi connectivity index (χ3v) is 2.84. The quantitative estimate of drug-likeness (QED) is 0.709. The highest BCUT2D eigenvalue weighted by atomic mass is 16.5. The zero-order valence-electron chi connectivity index (χ0n) is 10.5. The van der Waals surface area contributed by atoms with Crippen molar-refractivity contribution in [2.75, 3.05) is 25.6 Å². The Hall–Kier alpha value is -2.34.